The number of carbonyl (C=O) groups excluding carboxylic acids is 1. The van der Waals surface area contributed by atoms with Crippen molar-refractivity contribution in [1.82, 2.24) is 9.88 Å². The Morgan fingerprint density at radius 3 is 2.89 bits per heavy atom. The lowest BCUT2D eigenvalue weighted by atomic mass is 10.2. The van der Waals surface area contributed by atoms with E-state index in [4.69, 9.17) is 9.47 Å². The maximum atomic E-state index is 11.9. The van der Waals surface area contributed by atoms with Crippen molar-refractivity contribution in [3.63, 3.8) is 0 Å². The van der Waals surface area contributed by atoms with Crippen molar-refractivity contribution in [3.05, 3.63) is 34.2 Å². The molecule has 104 valence electrons. The molecule has 0 bridgehead atoms. The number of hydrogen-bond donors (Lipinski definition) is 1. The van der Waals surface area contributed by atoms with Gasteiger partial charge in [0.15, 0.2) is 5.79 Å². The molecule has 0 radical (unpaired) electrons. The van der Waals surface area contributed by atoms with Crippen molar-refractivity contribution in [2.45, 2.75) is 25.7 Å². The van der Waals surface area contributed by atoms with Crippen LogP contribution in [0.25, 0.3) is 0 Å². The Bertz CT molecular complexity index is 536. The standard InChI is InChI=1S/C13H18N2O4/c1-13(2)18-8-10(19-13)7-14-12(17)9-4-5-15(3)11(16)6-9/h4-6,10H,7-8H2,1-3H3,(H,14,17). The highest BCUT2D eigenvalue weighted by atomic mass is 16.7. The molecule has 1 atom stereocenters. The van der Waals surface area contributed by atoms with Crippen LogP contribution in [0.5, 0.6) is 0 Å². The fourth-order valence-corrected chi connectivity index (χ4v) is 1.86. The molecule has 0 saturated carbocycles. The van der Waals surface area contributed by atoms with Crippen molar-refractivity contribution in [3.8, 4) is 0 Å². The smallest absolute Gasteiger partial charge is 0.251 e. The van der Waals surface area contributed by atoms with Crippen LogP contribution in [0.4, 0.5) is 0 Å². The van der Waals surface area contributed by atoms with Gasteiger partial charge in [-0.2, -0.15) is 0 Å². The minimum Gasteiger partial charge on any atom is -0.349 e. The van der Waals surface area contributed by atoms with E-state index in [1.165, 1.54) is 10.6 Å². The highest BCUT2D eigenvalue weighted by molar-refractivity contribution is 5.93. The summed E-state index contributed by atoms with van der Waals surface area (Å²) in [5, 5.41) is 2.73. The SMILES string of the molecule is Cn1ccc(C(=O)NCC2COC(C)(C)O2)cc1=O. The number of rotatable bonds is 3. The molecule has 0 aliphatic carbocycles. The zero-order valence-corrected chi connectivity index (χ0v) is 11.3. The molecule has 2 heterocycles. The second kappa shape index (κ2) is 5.14. The van der Waals surface area contributed by atoms with Gasteiger partial charge in [0, 0.05) is 31.4 Å². The average molecular weight is 266 g/mol. The number of carbonyl (C=O) groups is 1. The number of nitrogens with one attached hydrogen (secondary N) is 1. The topological polar surface area (TPSA) is 69.6 Å². The van der Waals surface area contributed by atoms with Crippen molar-refractivity contribution in [2.75, 3.05) is 13.2 Å². The third-order valence-corrected chi connectivity index (χ3v) is 2.92. The lowest BCUT2D eigenvalue weighted by molar-refractivity contribution is -0.137. The Balaban J connectivity index is 1.91. The normalized spacial score (nSPS) is 21.3. The van der Waals surface area contributed by atoms with Crippen LogP contribution in [0.15, 0.2) is 23.1 Å². The predicted molar refractivity (Wildman–Crippen MR) is 68.9 cm³/mol. The Hall–Kier alpha value is -1.66. The summed E-state index contributed by atoms with van der Waals surface area (Å²) in [6.07, 6.45) is 1.40. The molecule has 6 nitrogen and oxygen atoms in total. The molecule has 1 aliphatic rings. The summed E-state index contributed by atoms with van der Waals surface area (Å²) in [6, 6.07) is 2.91. The summed E-state index contributed by atoms with van der Waals surface area (Å²) < 4.78 is 12.4. The third-order valence-electron chi connectivity index (χ3n) is 2.92. The molecule has 1 unspecified atom stereocenters. The maximum Gasteiger partial charge on any atom is 0.251 e. The minimum absolute atomic E-state index is 0.162. The molecule has 0 aromatic carbocycles. The van der Waals surface area contributed by atoms with E-state index in [2.05, 4.69) is 5.32 Å². The summed E-state index contributed by atoms with van der Waals surface area (Å²) >= 11 is 0. The summed E-state index contributed by atoms with van der Waals surface area (Å²) in [5.74, 6) is -0.885. The second-order valence-electron chi connectivity index (χ2n) is 5.03. The first-order valence-electron chi connectivity index (χ1n) is 6.14. The largest absolute Gasteiger partial charge is 0.349 e. The molecule has 1 N–H and O–H groups in total. The van der Waals surface area contributed by atoms with Crippen LogP contribution in [0.3, 0.4) is 0 Å². The Morgan fingerprint density at radius 1 is 1.58 bits per heavy atom. The highest BCUT2D eigenvalue weighted by Crippen LogP contribution is 2.21. The van der Waals surface area contributed by atoms with Crippen LogP contribution in [-0.2, 0) is 16.5 Å². The van der Waals surface area contributed by atoms with Crippen LogP contribution >= 0.6 is 0 Å². The van der Waals surface area contributed by atoms with Crippen molar-refractivity contribution in [1.29, 1.82) is 0 Å². The number of aryl methyl sites for hydroxylation is 1. The van der Waals surface area contributed by atoms with Crippen LogP contribution in [-0.4, -0.2) is 35.5 Å². The van der Waals surface area contributed by atoms with Gasteiger partial charge in [0.05, 0.1) is 6.61 Å². The molecule has 1 aromatic heterocycles. The molecule has 6 heteroatoms. The van der Waals surface area contributed by atoms with E-state index in [1.807, 2.05) is 13.8 Å². The van der Waals surface area contributed by atoms with E-state index in [-0.39, 0.29) is 17.6 Å². The predicted octanol–water partition coefficient (Wildman–Crippen LogP) is 0.267. The van der Waals surface area contributed by atoms with Gasteiger partial charge in [-0.25, -0.2) is 0 Å². The molecule has 19 heavy (non-hydrogen) atoms. The van der Waals surface area contributed by atoms with Gasteiger partial charge >= 0.3 is 0 Å². The van der Waals surface area contributed by atoms with Gasteiger partial charge in [0.1, 0.15) is 6.10 Å². The van der Waals surface area contributed by atoms with E-state index < -0.39 is 5.79 Å². The quantitative estimate of drug-likeness (QED) is 0.852. The van der Waals surface area contributed by atoms with Gasteiger partial charge in [0.2, 0.25) is 0 Å². The van der Waals surface area contributed by atoms with Gasteiger partial charge in [0.25, 0.3) is 11.5 Å². The van der Waals surface area contributed by atoms with E-state index in [0.717, 1.165) is 0 Å². The summed E-state index contributed by atoms with van der Waals surface area (Å²) in [5.41, 5.74) is 0.135. The molecule has 0 spiro atoms. The first kappa shape index (κ1) is 13.8. The fraction of sp³-hybridized carbons (Fsp3) is 0.538. The van der Waals surface area contributed by atoms with Crippen LogP contribution < -0.4 is 10.9 Å². The Morgan fingerprint density at radius 2 is 2.32 bits per heavy atom. The summed E-state index contributed by atoms with van der Waals surface area (Å²) in [6.45, 7) is 4.47. The molecular formula is C13H18N2O4. The zero-order valence-electron chi connectivity index (χ0n) is 11.3. The second-order valence-corrected chi connectivity index (χ2v) is 5.03. The monoisotopic (exact) mass is 266 g/mol. The van der Waals surface area contributed by atoms with Crippen LogP contribution in [0.2, 0.25) is 0 Å². The van der Waals surface area contributed by atoms with E-state index in [0.29, 0.717) is 18.7 Å². The number of pyridine rings is 1. The zero-order chi connectivity index (χ0) is 14.0. The molecule has 1 aliphatic heterocycles. The number of hydrogen-bond acceptors (Lipinski definition) is 4. The van der Waals surface area contributed by atoms with Gasteiger partial charge in [-0.3, -0.25) is 9.59 Å². The molecule has 1 aromatic rings. The summed E-state index contributed by atoms with van der Waals surface area (Å²) in [4.78, 5) is 23.3. The lowest BCUT2D eigenvalue weighted by Gasteiger charge is -2.17. The lowest BCUT2D eigenvalue weighted by Crippen LogP contribution is -2.35. The van der Waals surface area contributed by atoms with Gasteiger partial charge < -0.3 is 19.4 Å². The Labute approximate surface area is 111 Å². The van der Waals surface area contributed by atoms with Crippen molar-refractivity contribution < 1.29 is 14.3 Å². The van der Waals surface area contributed by atoms with Gasteiger partial charge in [-0.05, 0) is 19.9 Å². The molecular weight excluding hydrogens is 248 g/mol. The fourth-order valence-electron chi connectivity index (χ4n) is 1.86. The first-order valence-corrected chi connectivity index (χ1v) is 6.14. The molecule has 1 fully saturated rings. The van der Waals surface area contributed by atoms with Gasteiger partial charge in [-0.1, -0.05) is 0 Å². The van der Waals surface area contributed by atoms with E-state index >= 15 is 0 Å². The van der Waals surface area contributed by atoms with E-state index in [1.54, 1.807) is 19.3 Å². The number of aromatic nitrogens is 1. The third kappa shape index (κ3) is 3.42. The highest BCUT2D eigenvalue weighted by Gasteiger charge is 2.32. The molecule has 2 rings (SSSR count). The molecule has 1 amide bonds. The maximum absolute atomic E-state index is 11.9. The molecule has 1 saturated heterocycles. The Kier molecular flexibility index (Phi) is 3.73. The van der Waals surface area contributed by atoms with Crippen molar-refractivity contribution in [2.24, 2.45) is 7.05 Å². The number of amides is 1. The number of nitrogens with zero attached hydrogens (tertiary/aromatic N) is 1. The summed E-state index contributed by atoms with van der Waals surface area (Å²) in [7, 11) is 1.63. The van der Waals surface area contributed by atoms with Gasteiger partial charge in [-0.15, -0.1) is 0 Å². The van der Waals surface area contributed by atoms with Crippen LogP contribution in [0, 0.1) is 0 Å². The minimum atomic E-state index is -0.599. The van der Waals surface area contributed by atoms with E-state index in [9.17, 15) is 9.59 Å². The van der Waals surface area contributed by atoms with Crippen LogP contribution in [0.1, 0.15) is 24.2 Å². The first-order chi connectivity index (χ1) is 8.87. The average Bonchev–Trinajstić information content (AvgIpc) is 2.69. The van der Waals surface area contributed by atoms with Crippen molar-refractivity contribution >= 4 is 5.91 Å². The number of ether oxygens (including phenoxy) is 2.